The van der Waals surface area contributed by atoms with Crippen LogP contribution in [0.2, 0.25) is 5.02 Å². The van der Waals surface area contributed by atoms with Crippen molar-refractivity contribution in [2.45, 2.75) is 13.5 Å². The number of nitrogens with zero attached hydrogens (tertiary/aromatic N) is 1. The zero-order valence-corrected chi connectivity index (χ0v) is 17.6. The van der Waals surface area contributed by atoms with E-state index in [4.69, 9.17) is 20.9 Å². The van der Waals surface area contributed by atoms with E-state index in [9.17, 15) is 13.2 Å². The average molecular weight is 447 g/mol. The first-order chi connectivity index (χ1) is 14.3. The number of aryl methyl sites for hydroxylation is 1. The number of benzene rings is 2. The number of aromatic nitrogens is 1. The van der Waals surface area contributed by atoms with Gasteiger partial charge in [0.05, 0.1) is 0 Å². The molecule has 1 aromatic heterocycles. The highest BCUT2D eigenvalue weighted by Crippen LogP contribution is 2.21. The highest BCUT2D eigenvalue weighted by Gasteiger charge is 2.12. The van der Waals surface area contributed by atoms with E-state index in [0.29, 0.717) is 16.5 Å². The normalized spacial score (nSPS) is 11.7. The molecule has 1 N–H and O–H groups in total. The third-order valence-corrected chi connectivity index (χ3v) is 5.30. The van der Waals surface area contributed by atoms with Crippen molar-refractivity contribution in [1.82, 2.24) is 9.88 Å². The molecule has 0 radical (unpaired) electrons. The Kier molecular flexibility index (Phi) is 7.04. The smallest absolute Gasteiger partial charge is 0.321 e. The van der Waals surface area contributed by atoms with Gasteiger partial charge in [-0.05, 0) is 30.7 Å². The molecule has 0 aliphatic heterocycles. The Morgan fingerprint density at radius 2 is 1.87 bits per heavy atom. The summed E-state index contributed by atoms with van der Waals surface area (Å²) in [5.74, 6) is -0.415. The molecule has 0 fully saturated rings. The molecule has 3 rings (SSSR count). The molecule has 156 valence electrons. The average Bonchev–Trinajstić information content (AvgIpc) is 3.20. The standard InChI is InChI=1S/C21H19ClN2O5S/c1-15-2-4-16(5-3-15)10-11-30(26,27)23-13-21(25)28-14-19-12-20(24-29-19)17-6-8-18(22)9-7-17/h2-12,23H,13-14H2,1H3/b11-10+. The van der Waals surface area contributed by atoms with Gasteiger partial charge in [0.1, 0.15) is 12.2 Å². The molecular formula is C21H19ClN2O5S. The van der Waals surface area contributed by atoms with Crippen molar-refractivity contribution in [1.29, 1.82) is 0 Å². The largest absolute Gasteiger partial charge is 0.456 e. The molecule has 0 aliphatic rings. The van der Waals surface area contributed by atoms with Crippen LogP contribution in [0.1, 0.15) is 16.9 Å². The quantitative estimate of drug-likeness (QED) is 0.526. The molecule has 7 nitrogen and oxygen atoms in total. The second kappa shape index (κ2) is 9.71. The lowest BCUT2D eigenvalue weighted by molar-refractivity contribution is -0.144. The van der Waals surface area contributed by atoms with Gasteiger partial charge in [-0.15, -0.1) is 0 Å². The number of rotatable bonds is 8. The Labute approximate surface area is 179 Å². The van der Waals surface area contributed by atoms with Crippen LogP contribution in [0.5, 0.6) is 0 Å². The monoisotopic (exact) mass is 446 g/mol. The summed E-state index contributed by atoms with van der Waals surface area (Å²) in [5.41, 5.74) is 3.17. The number of nitrogens with one attached hydrogen (secondary N) is 1. The van der Waals surface area contributed by atoms with E-state index < -0.39 is 22.5 Å². The fraction of sp³-hybridized carbons (Fsp3) is 0.143. The Morgan fingerprint density at radius 3 is 2.57 bits per heavy atom. The first-order valence-electron chi connectivity index (χ1n) is 8.92. The summed E-state index contributed by atoms with van der Waals surface area (Å²) < 4.78 is 36.3. The summed E-state index contributed by atoms with van der Waals surface area (Å²) in [4.78, 5) is 11.8. The fourth-order valence-corrected chi connectivity index (χ4v) is 3.27. The summed E-state index contributed by atoms with van der Waals surface area (Å²) in [6.07, 6.45) is 1.44. The van der Waals surface area contributed by atoms with Crippen molar-refractivity contribution >= 4 is 33.7 Å². The molecule has 0 saturated carbocycles. The highest BCUT2D eigenvalue weighted by atomic mass is 35.5. The van der Waals surface area contributed by atoms with Crippen LogP contribution in [0, 0.1) is 6.92 Å². The van der Waals surface area contributed by atoms with Gasteiger partial charge in [0.15, 0.2) is 12.4 Å². The number of sulfonamides is 1. The molecule has 1 heterocycles. The van der Waals surface area contributed by atoms with Gasteiger partial charge in [0, 0.05) is 22.1 Å². The van der Waals surface area contributed by atoms with E-state index in [2.05, 4.69) is 9.88 Å². The molecule has 2 aromatic carbocycles. The minimum Gasteiger partial charge on any atom is -0.456 e. The molecule has 0 aliphatic carbocycles. The number of carbonyl (C=O) groups excluding carboxylic acids is 1. The Morgan fingerprint density at radius 1 is 1.17 bits per heavy atom. The van der Waals surface area contributed by atoms with Crippen molar-refractivity contribution < 1.29 is 22.5 Å². The Balaban J connectivity index is 1.47. The van der Waals surface area contributed by atoms with Gasteiger partial charge in [-0.1, -0.05) is 58.7 Å². The molecule has 0 unspecified atom stereocenters. The van der Waals surface area contributed by atoms with Crippen LogP contribution in [-0.2, 0) is 26.2 Å². The van der Waals surface area contributed by atoms with Crippen LogP contribution in [0.25, 0.3) is 17.3 Å². The van der Waals surface area contributed by atoms with Crippen molar-refractivity contribution in [2.75, 3.05) is 6.54 Å². The molecule has 0 amide bonds. The third-order valence-electron chi connectivity index (χ3n) is 4.01. The number of halogens is 1. The number of carbonyl (C=O) groups is 1. The topological polar surface area (TPSA) is 98.5 Å². The van der Waals surface area contributed by atoms with Crippen LogP contribution < -0.4 is 4.72 Å². The zero-order valence-electron chi connectivity index (χ0n) is 16.0. The molecule has 0 bridgehead atoms. The lowest BCUT2D eigenvalue weighted by Crippen LogP contribution is -2.29. The second-order valence-corrected chi connectivity index (χ2v) is 8.51. The van der Waals surface area contributed by atoms with Gasteiger partial charge in [0.25, 0.3) is 0 Å². The van der Waals surface area contributed by atoms with Crippen LogP contribution in [-0.4, -0.2) is 26.1 Å². The molecule has 0 saturated heterocycles. The molecule has 0 atom stereocenters. The van der Waals surface area contributed by atoms with Gasteiger partial charge in [-0.3, -0.25) is 4.79 Å². The SMILES string of the molecule is Cc1ccc(/C=C/S(=O)(=O)NCC(=O)OCc2cc(-c3ccc(Cl)cc3)no2)cc1. The molecular weight excluding hydrogens is 428 g/mol. The van der Waals surface area contributed by atoms with E-state index in [1.807, 2.05) is 19.1 Å². The van der Waals surface area contributed by atoms with E-state index in [1.165, 1.54) is 6.08 Å². The van der Waals surface area contributed by atoms with Gasteiger partial charge >= 0.3 is 5.97 Å². The summed E-state index contributed by atoms with van der Waals surface area (Å²) in [6.45, 7) is 1.27. The molecule has 9 heteroatoms. The van der Waals surface area contributed by atoms with E-state index in [0.717, 1.165) is 22.1 Å². The van der Waals surface area contributed by atoms with Crippen LogP contribution in [0.15, 0.2) is 64.5 Å². The van der Waals surface area contributed by atoms with Crippen molar-refractivity contribution in [3.63, 3.8) is 0 Å². The van der Waals surface area contributed by atoms with Crippen LogP contribution in [0.4, 0.5) is 0 Å². The summed E-state index contributed by atoms with van der Waals surface area (Å²) in [7, 11) is -3.78. The fourth-order valence-electron chi connectivity index (χ4n) is 2.39. The number of ether oxygens (including phenoxy) is 1. The summed E-state index contributed by atoms with van der Waals surface area (Å²) in [5, 5.41) is 5.51. The maximum absolute atomic E-state index is 12.0. The lowest BCUT2D eigenvalue weighted by atomic mass is 10.1. The van der Waals surface area contributed by atoms with Gasteiger partial charge in [-0.2, -0.15) is 0 Å². The minimum atomic E-state index is -3.78. The molecule has 30 heavy (non-hydrogen) atoms. The second-order valence-electron chi connectivity index (χ2n) is 6.43. The highest BCUT2D eigenvalue weighted by molar-refractivity contribution is 7.92. The maximum Gasteiger partial charge on any atom is 0.321 e. The van der Waals surface area contributed by atoms with Crippen LogP contribution in [0.3, 0.4) is 0 Å². The van der Waals surface area contributed by atoms with Crippen molar-refractivity contribution in [3.8, 4) is 11.3 Å². The lowest BCUT2D eigenvalue weighted by Gasteiger charge is -2.03. The Hall–Kier alpha value is -2.94. The van der Waals surface area contributed by atoms with Crippen molar-refractivity contribution in [3.05, 3.63) is 81.9 Å². The number of hydrogen-bond acceptors (Lipinski definition) is 6. The van der Waals surface area contributed by atoms with Gasteiger partial charge in [-0.25, -0.2) is 13.1 Å². The van der Waals surface area contributed by atoms with Gasteiger partial charge in [0.2, 0.25) is 10.0 Å². The maximum atomic E-state index is 12.0. The summed E-state index contributed by atoms with van der Waals surface area (Å²) >= 11 is 5.85. The van der Waals surface area contributed by atoms with E-state index >= 15 is 0 Å². The van der Waals surface area contributed by atoms with Crippen LogP contribution >= 0.6 is 11.6 Å². The van der Waals surface area contributed by atoms with Crippen molar-refractivity contribution in [2.24, 2.45) is 0 Å². The molecule has 0 spiro atoms. The van der Waals surface area contributed by atoms with Gasteiger partial charge < -0.3 is 9.26 Å². The summed E-state index contributed by atoms with van der Waals surface area (Å²) in [6, 6.07) is 16.0. The number of esters is 1. The van der Waals surface area contributed by atoms with E-state index in [1.54, 1.807) is 42.5 Å². The predicted octanol–water partition coefficient (Wildman–Crippen LogP) is 3.94. The predicted molar refractivity (Wildman–Crippen MR) is 114 cm³/mol. The minimum absolute atomic E-state index is 0.166. The number of hydrogen-bond donors (Lipinski definition) is 1. The Bertz CT molecular complexity index is 1140. The first-order valence-corrected chi connectivity index (χ1v) is 10.8. The zero-order chi connectivity index (χ0) is 21.6. The van der Waals surface area contributed by atoms with E-state index in [-0.39, 0.29) is 6.61 Å². The third kappa shape index (κ3) is 6.55. The first kappa shape index (κ1) is 21.8. The molecule has 3 aromatic rings.